The van der Waals surface area contributed by atoms with Crippen molar-refractivity contribution in [2.45, 2.75) is 112 Å². The van der Waals surface area contributed by atoms with Gasteiger partial charge in [-0.25, -0.2) is 0 Å². The zero-order chi connectivity index (χ0) is 21.7. The van der Waals surface area contributed by atoms with Crippen LogP contribution in [0.25, 0.3) is 0 Å². The maximum atomic E-state index is 10.2. The van der Waals surface area contributed by atoms with Gasteiger partial charge in [0.15, 0.2) is 0 Å². The van der Waals surface area contributed by atoms with Crippen LogP contribution in [0.3, 0.4) is 0 Å². The number of hydrogen-bond donors (Lipinski definition) is 1. The normalized spacial score (nSPS) is 42.7. The number of fused-ring (bicyclic) bond motifs is 5. The molecule has 1 nitrogen and oxygen atoms in total. The summed E-state index contributed by atoms with van der Waals surface area (Å²) in [6, 6.07) is 0. The van der Waals surface area contributed by atoms with Gasteiger partial charge in [0.25, 0.3) is 0 Å². The van der Waals surface area contributed by atoms with Crippen LogP contribution in [0.1, 0.15) is 106 Å². The molecule has 3 fully saturated rings. The van der Waals surface area contributed by atoms with E-state index in [2.05, 4.69) is 53.7 Å². The fraction of sp³-hybridized carbons (Fsp3) is 0.862. The monoisotopic (exact) mass is 412 g/mol. The Kier molecular flexibility index (Phi) is 6.35. The second kappa shape index (κ2) is 8.42. The van der Waals surface area contributed by atoms with Gasteiger partial charge >= 0.3 is 0 Å². The molecule has 0 heterocycles. The molecule has 0 spiro atoms. The summed E-state index contributed by atoms with van der Waals surface area (Å²) in [6.45, 7) is 15.0. The van der Waals surface area contributed by atoms with E-state index in [-0.39, 0.29) is 6.10 Å². The van der Waals surface area contributed by atoms with Gasteiger partial charge in [0.1, 0.15) is 0 Å². The van der Waals surface area contributed by atoms with Gasteiger partial charge in [-0.1, -0.05) is 77.7 Å². The topological polar surface area (TPSA) is 20.2 Å². The third-order valence-electron chi connectivity index (χ3n) is 10.8. The Hall–Kier alpha value is -0.560. The lowest BCUT2D eigenvalue weighted by atomic mass is 9.50. The quantitative estimate of drug-likeness (QED) is 0.469. The highest BCUT2D eigenvalue weighted by Gasteiger charge is 2.56. The van der Waals surface area contributed by atoms with E-state index >= 15 is 0 Å². The summed E-state index contributed by atoms with van der Waals surface area (Å²) in [6.07, 6.45) is 17.8. The fourth-order valence-corrected chi connectivity index (χ4v) is 8.65. The number of aliphatic hydroxyl groups excluding tert-OH is 1. The average molecular weight is 413 g/mol. The lowest BCUT2D eigenvalue weighted by Gasteiger charge is -2.55. The Bertz CT molecular complexity index is 686. The van der Waals surface area contributed by atoms with Crippen molar-refractivity contribution in [1.29, 1.82) is 0 Å². The van der Waals surface area contributed by atoms with E-state index in [0.717, 1.165) is 48.3 Å². The third kappa shape index (κ3) is 3.66. The molecule has 4 aliphatic rings. The molecule has 0 saturated heterocycles. The van der Waals surface area contributed by atoms with Gasteiger partial charge in [0.05, 0.1) is 6.10 Å². The van der Waals surface area contributed by atoms with E-state index in [1.54, 1.807) is 11.1 Å². The molecule has 2 unspecified atom stereocenters. The van der Waals surface area contributed by atoms with Crippen molar-refractivity contribution >= 4 is 0 Å². The smallest absolute Gasteiger partial charge is 0.0578 e. The highest BCUT2D eigenvalue weighted by Crippen LogP contribution is 2.66. The van der Waals surface area contributed by atoms with Crippen LogP contribution < -0.4 is 0 Å². The zero-order valence-corrected chi connectivity index (χ0v) is 20.7. The van der Waals surface area contributed by atoms with E-state index < -0.39 is 0 Å². The molecule has 0 amide bonds. The molecule has 4 aliphatic carbocycles. The summed E-state index contributed by atoms with van der Waals surface area (Å²) in [5.41, 5.74) is 4.17. The molecule has 0 aliphatic heterocycles. The zero-order valence-electron chi connectivity index (χ0n) is 20.7. The van der Waals surface area contributed by atoms with Crippen molar-refractivity contribution in [3.05, 3.63) is 23.3 Å². The highest BCUT2D eigenvalue weighted by molar-refractivity contribution is 5.38. The average Bonchev–Trinajstić information content (AvgIpc) is 3.06. The second-order valence-corrected chi connectivity index (χ2v) is 12.5. The minimum Gasteiger partial charge on any atom is -0.393 e. The Balaban J connectivity index is 1.51. The predicted molar refractivity (Wildman–Crippen MR) is 128 cm³/mol. The molecule has 0 aromatic heterocycles. The standard InChI is InChI=1S/C29H48O/c1-7-21(19(2)3)9-8-20(4)25-12-13-26-24-11-10-22-18-23(30)14-16-28(22,5)27(24)15-17-29(25,26)6/h10-11,19-21,23,25-27,30H,7-9,12-18H2,1-6H3/t20-,21?,23?,25-,26+,27+,28+,29-/m1/s1. The van der Waals surface area contributed by atoms with Crippen LogP contribution in [0.5, 0.6) is 0 Å². The number of allylic oxidation sites excluding steroid dienone is 3. The van der Waals surface area contributed by atoms with Gasteiger partial charge in [0.2, 0.25) is 0 Å². The summed E-state index contributed by atoms with van der Waals surface area (Å²) in [4.78, 5) is 0. The Labute approximate surface area is 186 Å². The Morgan fingerprint density at radius 2 is 1.73 bits per heavy atom. The third-order valence-corrected chi connectivity index (χ3v) is 10.8. The largest absolute Gasteiger partial charge is 0.393 e. The summed E-state index contributed by atoms with van der Waals surface area (Å²) >= 11 is 0. The summed E-state index contributed by atoms with van der Waals surface area (Å²) < 4.78 is 0. The fourth-order valence-electron chi connectivity index (χ4n) is 8.65. The Morgan fingerprint density at radius 3 is 2.43 bits per heavy atom. The first-order chi connectivity index (χ1) is 14.2. The van der Waals surface area contributed by atoms with Crippen LogP contribution in [0.15, 0.2) is 23.3 Å². The second-order valence-electron chi connectivity index (χ2n) is 12.5. The highest BCUT2D eigenvalue weighted by atomic mass is 16.3. The first-order valence-electron chi connectivity index (χ1n) is 13.3. The van der Waals surface area contributed by atoms with Crippen LogP contribution >= 0.6 is 0 Å². The van der Waals surface area contributed by atoms with Gasteiger partial charge in [0, 0.05) is 0 Å². The maximum absolute atomic E-state index is 10.2. The van der Waals surface area contributed by atoms with Crippen molar-refractivity contribution in [1.82, 2.24) is 0 Å². The van der Waals surface area contributed by atoms with Crippen LogP contribution in [0, 0.1) is 46.3 Å². The van der Waals surface area contributed by atoms with Crippen molar-refractivity contribution in [3.63, 3.8) is 0 Å². The van der Waals surface area contributed by atoms with Gasteiger partial charge in [-0.3, -0.25) is 0 Å². The van der Waals surface area contributed by atoms with E-state index in [1.165, 1.54) is 51.4 Å². The molecular weight excluding hydrogens is 364 g/mol. The van der Waals surface area contributed by atoms with E-state index in [0.29, 0.717) is 10.8 Å². The summed E-state index contributed by atoms with van der Waals surface area (Å²) in [5, 5.41) is 10.2. The minimum absolute atomic E-state index is 0.109. The van der Waals surface area contributed by atoms with E-state index in [1.807, 2.05) is 0 Å². The van der Waals surface area contributed by atoms with Gasteiger partial charge in [-0.2, -0.15) is 0 Å². The first-order valence-corrected chi connectivity index (χ1v) is 13.3. The molecule has 1 N–H and O–H groups in total. The van der Waals surface area contributed by atoms with Crippen LogP contribution in [0.4, 0.5) is 0 Å². The van der Waals surface area contributed by atoms with Gasteiger partial charge < -0.3 is 5.11 Å². The van der Waals surface area contributed by atoms with E-state index in [4.69, 9.17) is 0 Å². The molecule has 4 rings (SSSR count). The van der Waals surface area contributed by atoms with Crippen molar-refractivity contribution in [3.8, 4) is 0 Å². The molecule has 1 heteroatoms. The van der Waals surface area contributed by atoms with Crippen molar-refractivity contribution in [2.24, 2.45) is 46.3 Å². The summed E-state index contributed by atoms with van der Waals surface area (Å²) in [5.74, 6) is 5.03. The molecule has 170 valence electrons. The molecule has 0 aromatic rings. The predicted octanol–water partition coefficient (Wildman–Crippen LogP) is 7.94. The number of rotatable bonds is 6. The molecular formula is C29H48O. The molecule has 0 radical (unpaired) electrons. The minimum atomic E-state index is -0.109. The van der Waals surface area contributed by atoms with E-state index in [9.17, 15) is 5.11 Å². The molecule has 30 heavy (non-hydrogen) atoms. The van der Waals surface area contributed by atoms with Crippen LogP contribution in [0.2, 0.25) is 0 Å². The van der Waals surface area contributed by atoms with Crippen LogP contribution in [-0.4, -0.2) is 11.2 Å². The molecule has 0 bridgehead atoms. The SMILES string of the molecule is CCC(CC[C@@H](C)[C@H]1CC[C@H]2C3=CC=C4CC(O)CC[C@]4(C)[C@H]3CC[C@]12C)C(C)C. The van der Waals surface area contributed by atoms with Gasteiger partial charge in [-0.15, -0.1) is 0 Å². The number of aliphatic hydroxyl groups is 1. The molecule has 0 aromatic carbocycles. The Morgan fingerprint density at radius 1 is 0.967 bits per heavy atom. The molecule has 8 atom stereocenters. The first kappa shape index (κ1) is 22.6. The van der Waals surface area contributed by atoms with Crippen LogP contribution in [-0.2, 0) is 0 Å². The molecule has 3 saturated carbocycles. The van der Waals surface area contributed by atoms with Crippen molar-refractivity contribution < 1.29 is 5.11 Å². The summed E-state index contributed by atoms with van der Waals surface area (Å²) in [7, 11) is 0. The maximum Gasteiger partial charge on any atom is 0.0578 e. The number of hydrogen-bond acceptors (Lipinski definition) is 1. The van der Waals surface area contributed by atoms with Gasteiger partial charge in [-0.05, 0) is 97.7 Å². The lowest BCUT2D eigenvalue weighted by Crippen LogP contribution is -2.46. The van der Waals surface area contributed by atoms with Crippen molar-refractivity contribution in [2.75, 3.05) is 0 Å². The lowest BCUT2D eigenvalue weighted by molar-refractivity contribution is 0.0315.